The van der Waals surface area contributed by atoms with E-state index in [1.54, 1.807) is 36.4 Å². The molecule has 0 atom stereocenters. The van der Waals surface area contributed by atoms with Crippen molar-refractivity contribution in [3.63, 3.8) is 0 Å². The van der Waals surface area contributed by atoms with E-state index in [1.807, 2.05) is 25.1 Å². The highest BCUT2D eigenvalue weighted by atomic mass is 35.5. The van der Waals surface area contributed by atoms with Gasteiger partial charge in [-0.25, -0.2) is 8.42 Å². The van der Waals surface area contributed by atoms with E-state index in [9.17, 15) is 13.2 Å². The van der Waals surface area contributed by atoms with E-state index in [4.69, 9.17) is 32.7 Å². The monoisotopic (exact) mass is 570 g/mol. The highest BCUT2D eigenvalue weighted by molar-refractivity contribution is 7.92. The van der Waals surface area contributed by atoms with Gasteiger partial charge in [-0.1, -0.05) is 59.1 Å². The second-order valence-electron chi connectivity index (χ2n) is 8.25. The molecule has 0 aliphatic carbocycles. The normalized spacial score (nSPS) is 11.1. The first-order chi connectivity index (χ1) is 18.2. The lowest BCUT2D eigenvalue weighted by molar-refractivity contribution is -0.114. The van der Waals surface area contributed by atoms with Crippen LogP contribution in [0.4, 0.5) is 11.4 Å². The number of carbonyl (C=O) groups excluding carboxylic acids is 1. The number of benzene rings is 4. The van der Waals surface area contributed by atoms with Crippen LogP contribution in [-0.4, -0.2) is 28.0 Å². The molecule has 0 unspecified atom stereocenters. The number of carbonyl (C=O) groups is 1. The van der Waals surface area contributed by atoms with Crippen LogP contribution in [-0.2, 0) is 14.8 Å². The van der Waals surface area contributed by atoms with Crippen LogP contribution in [0.3, 0.4) is 0 Å². The molecule has 0 spiro atoms. The summed E-state index contributed by atoms with van der Waals surface area (Å²) in [6.45, 7) is 1.31. The van der Waals surface area contributed by atoms with Crippen LogP contribution in [0, 0.1) is 6.92 Å². The van der Waals surface area contributed by atoms with Gasteiger partial charge in [-0.05, 0) is 67.6 Å². The van der Waals surface area contributed by atoms with Gasteiger partial charge in [-0.15, -0.1) is 0 Å². The Bertz CT molecular complexity index is 1550. The molecule has 4 rings (SSSR count). The molecule has 0 heterocycles. The molecule has 0 aliphatic rings. The standard InChI is InChI=1S/C28H24Cl2N2O5S/c1-19-8-12-23(13-9-19)38(34,35)32(21-11-15-26(36-2)24(30)17-21)18-28(33)31-25-16-20(29)10-14-27(25)37-22-6-4-3-5-7-22/h3-17H,18H2,1-2H3,(H,31,33). The van der Waals surface area contributed by atoms with E-state index < -0.39 is 22.5 Å². The number of sulfonamides is 1. The third kappa shape index (κ3) is 6.39. The van der Waals surface area contributed by atoms with Crippen molar-refractivity contribution in [2.75, 3.05) is 23.3 Å². The molecule has 0 fully saturated rings. The molecule has 196 valence electrons. The maximum atomic E-state index is 13.7. The van der Waals surface area contributed by atoms with Crippen LogP contribution in [0.5, 0.6) is 17.2 Å². The molecule has 0 saturated heterocycles. The summed E-state index contributed by atoms with van der Waals surface area (Å²) in [5.41, 5.74) is 1.37. The van der Waals surface area contributed by atoms with Crippen molar-refractivity contribution < 1.29 is 22.7 Å². The molecule has 0 saturated carbocycles. The van der Waals surface area contributed by atoms with Gasteiger partial charge in [0.15, 0.2) is 5.75 Å². The van der Waals surface area contributed by atoms with E-state index >= 15 is 0 Å². The van der Waals surface area contributed by atoms with E-state index in [1.165, 1.54) is 43.5 Å². The molecule has 0 bridgehead atoms. The zero-order chi connectivity index (χ0) is 27.3. The number of hydrogen-bond donors (Lipinski definition) is 1. The van der Waals surface area contributed by atoms with Gasteiger partial charge in [0.1, 0.15) is 18.0 Å². The van der Waals surface area contributed by atoms with Gasteiger partial charge in [0.25, 0.3) is 10.0 Å². The lowest BCUT2D eigenvalue weighted by Crippen LogP contribution is -2.38. The quantitative estimate of drug-likeness (QED) is 0.235. The summed E-state index contributed by atoms with van der Waals surface area (Å²) in [4.78, 5) is 13.3. The van der Waals surface area contributed by atoms with E-state index in [0.29, 0.717) is 22.3 Å². The lowest BCUT2D eigenvalue weighted by atomic mass is 10.2. The number of anilines is 2. The van der Waals surface area contributed by atoms with E-state index in [2.05, 4.69) is 5.32 Å². The maximum Gasteiger partial charge on any atom is 0.264 e. The van der Waals surface area contributed by atoms with E-state index in [-0.39, 0.29) is 21.3 Å². The first kappa shape index (κ1) is 27.3. The van der Waals surface area contributed by atoms with Crippen molar-refractivity contribution in [3.05, 3.63) is 107 Å². The van der Waals surface area contributed by atoms with Crippen molar-refractivity contribution in [1.29, 1.82) is 0 Å². The molecule has 10 heteroatoms. The third-order valence-corrected chi connectivity index (χ3v) is 7.82. The molecule has 38 heavy (non-hydrogen) atoms. The summed E-state index contributed by atoms with van der Waals surface area (Å²) in [5, 5.41) is 3.29. The van der Waals surface area contributed by atoms with Crippen molar-refractivity contribution in [3.8, 4) is 17.2 Å². The smallest absolute Gasteiger partial charge is 0.264 e. The van der Waals surface area contributed by atoms with Gasteiger partial charge in [0, 0.05) is 5.02 Å². The summed E-state index contributed by atoms with van der Waals surface area (Å²) in [6.07, 6.45) is 0. The zero-order valence-corrected chi connectivity index (χ0v) is 22.8. The van der Waals surface area contributed by atoms with Crippen LogP contribution in [0.25, 0.3) is 0 Å². The molecular weight excluding hydrogens is 547 g/mol. The Balaban J connectivity index is 1.67. The van der Waals surface area contributed by atoms with Gasteiger partial charge in [-0.3, -0.25) is 9.10 Å². The topological polar surface area (TPSA) is 84.9 Å². The number of hydrogen-bond acceptors (Lipinski definition) is 5. The fourth-order valence-corrected chi connectivity index (χ4v) is 5.42. The van der Waals surface area contributed by atoms with Crippen LogP contribution in [0.1, 0.15) is 5.56 Å². The fraction of sp³-hybridized carbons (Fsp3) is 0.107. The fourth-order valence-electron chi connectivity index (χ4n) is 3.59. The zero-order valence-electron chi connectivity index (χ0n) is 20.5. The Labute approximate surface area is 231 Å². The van der Waals surface area contributed by atoms with Gasteiger partial charge in [0.05, 0.1) is 28.4 Å². The number of rotatable bonds is 9. The molecule has 1 amide bonds. The second-order valence-corrected chi connectivity index (χ2v) is 11.0. The lowest BCUT2D eigenvalue weighted by Gasteiger charge is -2.25. The molecule has 0 aromatic heterocycles. The highest BCUT2D eigenvalue weighted by Gasteiger charge is 2.28. The third-order valence-electron chi connectivity index (χ3n) is 5.51. The Morgan fingerprint density at radius 2 is 1.58 bits per heavy atom. The Morgan fingerprint density at radius 1 is 0.895 bits per heavy atom. The number of aryl methyl sites for hydroxylation is 1. The highest BCUT2D eigenvalue weighted by Crippen LogP contribution is 2.34. The van der Waals surface area contributed by atoms with Crippen molar-refractivity contribution in [2.45, 2.75) is 11.8 Å². The van der Waals surface area contributed by atoms with Gasteiger partial charge < -0.3 is 14.8 Å². The van der Waals surface area contributed by atoms with Crippen molar-refractivity contribution in [2.24, 2.45) is 0 Å². The Kier molecular flexibility index (Phi) is 8.46. The largest absolute Gasteiger partial charge is 0.495 e. The number of ether oxygens (including phenoxy) is 2. The number of para-hydroxylation sites is 1. The first-order valence-electron chi connectivity index (χ1n) is 11.4. The Hall–Kier alpha value is -3.72. The average Bonchev–Trinajstić information content (AvgIpc) is 2.89. The van der Waals surface area contributed by atoms with Gasteiger partial charge >= 0.3 is 0 Å². The van der Waals surface area contributed by atoms with Gasteiger partial charge in [-0.2, -0.15) is 0 Å². The molecule has 7 nitrogen and oxygen atoms in total. The summed E-state index contributed by atoms with van der Waals surface area (Å²) >= 11 is 12.5. The average molecular weight is 571 g/mol. The van der Waals surface area contributed by atoms with Crippen LogP contribution < -0.4 is 19.1 Å². The van der Waals surface area contributed by atoms with Crippen LogP contribution in [0.15, 0.2) is 95.9 Å². The summed E-state index contributed by atoms with van der Waals surface area (Å²) in [6, 6.07) is 24.6. The summed E-state index contributed by atoms with van der Waals surface area (Å²) in [7, 11) is -2.69. The SMILES string of the molecule is COc1ccc(N(CC(=O)Nc2cc(Cl)ccc2Oc2ccccc2)S(=O)(=O)c2ccc(C)cc2)cc1Cl. The molecule has 4 aromatic rings. The maximum absolute atomic E-state index is 13.7. The molecular formula is C28H24Cl2N2O5S. The molecule has 4 aromatic carbocycles. The second kappa shape index (κ2) is 11.8. The van der Waals surface area contributed by atoms with Crippen molar-refractivity contribution in [1.82, 2.24) is 0 Å². The summed E-state index contributed by atoms with van der Waals surface area (Å²) < 4.78 is 39.5. The predicted molar refractivity (Wildman–Crippen MR) is 150 cm³/mol. The summed E-state index contributed by atoms with van der Waals surface area (Å²) in [5.74, 6) is 0.651. The number of halogens is 2. The first-order valence-corrected chi connectivity index (χ1v) is 13.6. The minimum absolute atomic E-state index is 0.0266. The number of amides is 1. The number of methoxy groups -OCH3 is 1. The van der Waals surface area contributed by atoms with Crippen LogP contribution in [0.2, 0.25) is 10.0 Å². The van der Waals surface area contributed by atoms with Gasteiger partial charge in [0.2, 0.25) is 5.91 Å². The molecule has 1 N–H and O–H groups in total. The molecule has 0 radical (unpaired) electrons. The van der Waals surface area contributed by atoms with E-state index in [0.717, 1.165) is 9.87 Å². The molecule has 0 aliphatic heterocycles. The minimum atomic E-state index is -4.15. The number of nitrogens with one attached hydrogen (secondary N) is 1. The number of nitrogens with zero attached hydrogens (tertiary/aromatic N) is 1. The van der Waals surface area contributed by atoms with Crippen LogP contribution >= 0.6 is 23.2 Å². The Morgan fingerprint density at radius 3 is 2.24 bits per heavy atom. The van der Waals surface area contributed by atoms with Crippen molar-refractivity contribution >= 4 is 50.5 Å². The minimum Gasteiger partial charge on any atom is -0.495 e. The predicted octanol–water partition coefficient (Wildman–Crippen LogP) is 6.94.